The summed E-state index contributed by atoms with van der Waals surface area (Å²) in [5.74, 6) is 1.05. The molecule has 0 heterocycles. The van der Waals surface area contributed by atoms with Gasteiger partial charge >= 0.3 is 0 Å². The fourth-order valence-electron chi connectivity index (χ4n) is 2.27. The Morgan fingerprint density at radius 3 is 2.43 bits per heavy atom. The molecule has 0 amide bonds. The van der Waals surface area contributed by atoms with E-state index in [1.165, 1.54) is 25.7 Å². The number of carbonyl (C=O) groups is 1. The molecule has 0 saturated heterocycles. The standard InChI is InChI=1S/C12H23NO/c1-4-13-12(2,3)11(14)9-10-7-5-6-8-10/h10,13H,4-9H2,1-3H3. The summed E-state index contributed by atoms with van der Waals surface area (Å²) in [4.78, 5) is 11.9. The molecule has 0 atom stereocenters. The lowest BCUT2D eigenvalue weighted by molar-refractivity contribution is -0.125. The Morgan fingerprint density at radius 1 is 1.36 bits per heavy atom. The predicted octanol–water partition coefficient (Wildman–Crippen LogP) is 2.52. The van der Waals surface area contributed by atoms with Crippen LogP contribution in [0.2, 0.25) is 0 Å². The molecule has 0 aromatic carbocycles. The molecule has 0 radical (unpaired) electrons. The van der Waals surface area contributed by atoms with Gasteiger partial charge in [0.2, 0.25) is 0 Å². The minimum absolute atomic E-state index is 0.322. The van der Waals surface area contributed by atoms with Gasteiger partial charge in [0, 0.05) is 6.42 Å². The smallest absolute Gasteiger partial charge is 0.152 e. The zero-order valence-electron chi connectivity index (χ0n) is 9.73. The molecule has 0 aliphatic heterocycles. The third-order valence-corrected chi connectivity index (χ3v) is 3.26. The van der Waals surface area contributed by atoms with Crippen molar-refractivity contribution in [2.45, 2.75) is 58.4 Å². The highest BCUT2D eigenvalue weighted by Gasteiger charge is 2.29. The van der Waals surface area contributed by atoms with E-state index in [1.807, 2.05) is 20.8 Å². The number of hydrogen-bond acceptors (Lipinski definition) is 2. The van der Waals surface area contributed by atoms with E-state index in [0.29, 0.717) is 11.7 Å². The molecule has 1 aliphatic carbocycles. The summed E-state index contributed by atoms with van der Waals surface area (Å²) in [5.41, 5.74) is -0.322. The number of Topliss-reactive ketones (excluding diaryl/α,β-unsaturated/α-hetero) is 1. The number of rotatable bonds is 5. The maximum atomic E-state index is 11.9. The summed E-state index contributed by atoms with van der Waals surface area (Å²) < 4.78 is 0. The zero-order valence-corrected chi connectivity index (χ0v) is 9.73. The third kappa shape index (κ3) is 3.09. The van der Waals surface area contributed by atoms with Crippen molar-refractivity contribution in [3.63, 3.8) is 0 Å². The topological polar surface area (TPSA) is 29.1 Å². The number of nitrogens with one attached hydrogen (secondary N) is 1. The van der Waals surface area contributed by atoms with Crippen LogP contribution in [0, 0.1) is 5.92 Å². The van der Waals surface area contributed by atoms with Crippen molar-refractivity contribution in [2.75, 3.05) is 6.54 Å². The van der Waals surface area contributed by atoms with Crippen LogP contribution >= 0.6 is 0 Å². The van der Waals surface area contributed by atoms with Crippen molar-refractivity contribution in [1.29, 1.82) is 0 Å². The Balaban J connectivity index is 2.39. The Hall–Kier alpha value is -0.370. The molecule has 0 bridgehead atoms. The molecule has 1 saturated carbocycles. The van der Waals surface area contributed by atoms with E-state index in [4.69, 9.17) is 0 Å². The first-order valence-corrected chi connectivity index (χ1v) is 5.84. The van der Waals surface area contributed by atoms with Crippen LogP contribution in [0.1, 0.15) is 52.9 Å². The maximum Gasteiger partial charge on any atom is 0.152 e. The first-order valence-electron chi connectivity index (χ1n) is 5.84. The molecule has 2 heteroatoms. The number of likely N-dealkylation sites (N-methyl/N-ethyl adjacent to an activating group) is 1. The SMILES string of the molecule is CCNC(C)(C)C(=O)CC1CCCC1. The molecule has 0 unspecified atom stereocenters. The fraction of sp³-hybridized carbons (Fsp3) is 0.917. The average molecular weight is 197 g/mol. The third-order valence-electron chi connectivity index (χ3n) is 3.26. The molecule has 1 N–H and O–H groups in total. The molecule has 0 aromatic heterocycles. The van der Waals surface area contributed by atoms with Gasteiger partial charge in [-0.05, 0) is 26.3 Å². The highest BCUT2D eigenvalue weighted by molar-refractivity contribution is 5.87. The molecule has 0 spiro atoms. The van der Waals surface area contributed by atoms with Crippen LogP contribution < -0.4 is 5.32 Å². The van der Waals surface area contributed by atoms with Gasteiger partial charge in [-0.1, -0.05) is 32.6 Å². The molecule has 1 fully saturated rings. The average Bonchev–Trinajstić information content (AvgIpc) is 2.56. The van der Waals surface area contributed by atoms with Gasteiger partial charge in [0.05, 0.1) is 5.54 Å². The van der Waals surface area contributed by atoms with Crippen LogP contribution in [0.15, 0.2) is 0 Å². The fourth-order valence-corrected chi connectivity index (χ4v) is 2.27. The van der Waals surface area contributed by atoms with Gasteiger partial charge in [-0.15, -0.1) is 0 Å². The van der Waals surface area contributed by atoms with Gasteiger partial charge < -0.3 is 5.32 Å². The highest BCUT2D eigenvalue weighted by Crippen LogP contribution is 2.29. The molecule has 1 rings (SSSR count). The number of ketones is 1. The van der Waals surface area contributed by atoms with Gasteiger partial charge in [-0.3, -0.25) is 4.79 Å². The Labute approximate surface area is 87.5 Å². The van der Waals surface area contributed by atoms with Crippen LogP contribution in [0.3, 0.4) is 0 Å². The van der Waals surface area contributed by atoms with Gasteiger partial charge in [-0.25, -0.2) is 0 Å². The largest absolute Gasteiger partial charge is 0.306 e. The van der Waals surface area contributed by atoms with E-state index in [9.17, 15) is 4.79 Å². The lowest BCUT2D eigenvalue weighted by atomic mass is 9.90. The van der Waals surface area contributed by atoms with Gasteiger partial charge in [0.25, 0.3) is 0 Å². The molecule has 82 valence electrons. The van der Waals surface area contributed by atoms with Crippen molar-refractivity contribution < 1.29 is 4.79 Å². The van der Waals surface area contributed by atoms with Crippen LogP contribution in [0.5, 0.6) is 0 Å². The first-order chi connectivity index (χ1) is 6.56. The Kier molecular flexibility index (Phi) is 4.11. The van der Waals surface area contributed by atoms with Crippen molar-refractivity contribution in [3.8, 4) is 0 Å². The maximum absolute atomic E-state index is 11.9. The summed E-state index contributed by atoms with van der Waals surface area (Å²) in [6.45, 7) is 6.90. The molecular weight excluding hydrogens is 174 g/mol. The number of hydrogen-bond donors (Lipinski definition) is 1. The Morgan fingerprint density at radius 2 is 1.93 bits per heavy atom. The molecule has 1 aliphatic rings. The zero-order chi connectivity index (χ0) is 10.6. The molecule has 0 aromatic rings. The lowest BCUT2D eigenvalue weighted by Gasteiger charge is -2.25. The summed E-state index contributed by atoms with van der Waals surface area (Å²) in [7, 11) is 0. The molecular formula is C12H23NO. The van der Waals surface area contributed by atoms with E-state index in [-0.39, 0.29) is 5.54 Å². The van der Waals surface area contributed by atoms with E-state index < -0.39 is 0 Å². The van der Waals surface area contributed by atoms with Gasteiger partial charge in [-0.2, -0.15) is 0 Å². The summed E-state index contributed by atoms with van der Waals surface area (Å²) in [6.07, 6.45) is 5.93. The summed E-state index contributed by atoms with van der Waals surface area (Å²) in [6, 6.07) is 0. The van der Waals surface area contributed by atoms with Crippen LogP contribution in [-0.2, 0) is 4.79 Å². The van der Waals surface area contributed by atoms with Crippen LogP contribution in [-0.4, -0.2) is 17.9 Å². The first kappa shape index (κ1) is 11.7. The lowest BCUT2D eigenvalue weighted by Crippen LogP contribution is -2.47. The normalized spacial score (nSPS) is 18.8. The van der Waals surface area contributed by atoms with E-state index in [2.05, 4.69) is 5.32 Å². The second-order valence-corrected chi connectivity index (χ2v) is 4.93. The van der Waals surface area contributed by atoms with E-state index in [1.54, 1.807) is 0 Å². The van der Waals surface area contributed by atoms with Gasteiger partial charge in [0.1, 0.15) is 0 Å². The Bertz CT molecular complexity index is 192. The summed E-state index contributed by atoms with van der Waals surface area (Å²) in [5, 5.41) is 3.25. The summed E-state index contributed by atoms with van der Waals surface area (Å²) >= 11 is 0. The van der Waals surface area contributed by atoms with Crippen molar-refractivity contribution >= 4 is 5.78 Å². The van der Waals surface area contributed by atoms with Crippen LogP contribution in [0.25, 0.3) is 0 Å². The van der Waals surface area contributed by atoms with Crippen LogP contribution in [0.4, 0.5) is 0 Å². The second kappa shape index (κ2) is 4.92. The van der Waals surface area contributed by atoms with Crippen molar-refractivity contribution in [2.24, 2.45) is 5.92 Å². The number of carbonyl (C=O) groups excluding carboxylic acids is 1. The monoisotopic (exact) mass is 197 g/mol. The quantitative estimate of drug-likeness (QED) is 0.733. The molecule has 2 nitrogen and oxygen atoms in total. The van der Waals surface area contributed by atoms with Crippen molar-refractivity contribution in [1.82, 2.24) is 5.32 Å². The second-order valence-electron chi connectivity index (χ2n) is 4.93. The molecule has 14 heavy (non-hydrogen) atoms. The minimum atomic E-state index is -0.322. The van der Waals surface area contributed by atoms with E-state index in [0.717, 1.165) is 13.0 Å². The highest BCUT2D eigenvalue weighted by atomic mass is 16.1. The predicted molar refractivity (Wildman–Crippen MR) is 59.3 cm³/mol. The minimum Gasteiger partial charge on any atom is -0.306 e. The van der Waals surface area contributed by atoms with Crippen molar-refractivity contribution in [3.05, 3.63) is 0 Å². The van der Waals surface area contributed by atoms with Gasteiger partial charge in [0.15, 0.2) is 5.78 Å². The van der Waals surface area contributed by atoms with E-state index >= 15 is 0 Å².